The van der Waals surface area contributed by atoms with Crippen LogP contribution in [-0.4, -0.2) is 57.6 Å². The Labute approximate surface area is 190 Å². The van der Waals surface area contributed by atoms with Gasteiger partial charge in [-0.15, -0.1) is 10.2 Å². The van der Waals surface area contributed by atoms with Gasteiger partial charge in [0, 0.05) is 35.2 Å². The first-order valence-corrected chi connectivity index (χ1v) is 11.7. The van der Waals surface area contributed by atoms with Crippen LogP contribution in [0.4, 0.5) is 5.95 Å². The summed E-state index contributed by atoms with van der Waals surface area (Å²) in [4.78, 5) is 18.7. The first-order chi connectivity index (χ1) is 15.6. The van der Waals surface area contributed by atoms with E-state index in [2.05, 4.69) is 43.7 Å². The lowest BCUT2D eigenvalue weighted by atomic mass is 10.1. The molecule has 1 saturated heterocycles. The van der Waals surface area contributed by atoms with Crippen LogP contribution in [0.1, 0.15) is 21.6 Å². The van der Waals surface area contributed by atoms with Gasteiger partial charge in [0.05, 0.1) is 24.7 Å². The zero-order chi connectivity index (χ0) is 22.1. The third-order valence-electron chi connectivity index (χ3n) is 5.77. The highest BCUT2D eigenvalue weighted by atomic mass is 32.2. The molecule has 3 heterocycles. The summed E-state index contributed by atoms with van der Waals surface area (Å²) >= 11 is 1.43. The topological polar surface area (TPSA) is 76.0 Å². The zero-order valence-electron chi connectivity index (χ0n) is 18.2. The van der Waals surface area contributed by atoms with Crippen LogP contribution in [0.25, 0.3) is 16.6 Å². The molecule has 1 N–H and O–H groups in total. The molecule has 2 aromatic carbocycles. The van der Waals surface area contributed by atoms with E-state index in [1.807, 2.05) is 43.3 Å². The highest BCUT2D eigenvalue weighted by Crippen LogP contribution is 2.30. The minimum atomic E-state index is 0.0807. The average Bonchev–Trinajstić information content (AvgIpc) is 3.38. The van der Waals surface area contributed by atoms with Crippen LogP contribution >= 0.6 is 11.8 Å². The van der Waals surface area contributed by atoms with Crippen LogP contribution < -0.4 is 4.90 Å². The molecule has 0 amide bonds. The Kier molecular flexibility index (Phi) is 5.71. The number of nitrogens with one attached hydrogen (secondary N) is 1. The number of fused-ring (bicyclic) bond motifs is 1. The number of aromatic amines is 1. The molecular formula is C24H25N5O2S. The Bertz CT molecular complexity index is 1270. The number of morpholine rings is 1. The van der Waals surface area contributed by atoms with Crippen LogP contribution in [0.15, 0.2) is 53.7 Å². The largest absolute Gasteiger partial charge is 0.378 e. The van der Waals surface area contributed by atoms with Gasteiger partial charge in [-0.3, -0.25) is 9.36 Å². The van der Waals surface area contributed by atoms with E-state index >= 15 is 0 Å². The van der Waals surface area contributed by atoms with Crippen molar-refractivity contribution in [2.75, 3.05) is 37.0 Å². The monoisotopic (exact) mass is 447 g/mol. The van der Waals surface area contributed by atoms with Gasteiger partial charge in [-0.25, -0.2) is 0 Å². The molecule has 164 valence electrons. The second-order valence-electron chi connectivity index (χ2n) is 7.89. The normalized spacial score (nSPS) is 14.2. The van der Waals surface area contributed by atoms with Crippen LogP contribution in [0, 0.1) is 13.8 Å². The van der Waals surface area contributed by atoms with Crippen molar-refractivity contribution in [1.29, 1.82) is 0 Å². The number of para-hydroxylation sites is 2. The van der Waals surface area contributed by atoms with Crippen LogP contribution in [-0.2, 0) is 4.74 Å². The molecule has 0 bridgehead atoms. The van der Waals surface area contributed by atoms with Gasteiger partial charge in [0.25, 0.3) is 0 Å². The van der Waals surface area contributed by atoms with Crippen molar-refractivity contribution < 1.29 is 9.53 Å². The number of hydrogen-bond donors (Lipinski definition) is 1. The predicted molar refractivity (Wildman–Crippen MR) is 127 cm³/mol. The molecule has 2 aromatic heterocycles. The number of ketones is 1. The van der Waals surface area contributed by atoms with E-state index in [4.69, 9.17) is 4.74 Å². The molecule has 0 radical (unpaired) electrons. The summed E-state index contributed by atoms with van der Waals surface area (Å²) in [6, 6.07) is 16.1. The second kappa shape index (κ2) is 8.80. The molecule has 4 aromatic rings. The maximum Gasteiger partial charge on any atom is 0.232 e. The number of nitrogens with zero attached hydrogens (tertiary/aromatic N) is 4. The van der Waals surface area contributed by atoms with Crippen molar-refractivity contribution in [2.24, 2.45) is 0 Å². The molecule has 7 nitrogen and oxygen atoms in total. The zero-order valence-corrected chi connectivity index (χ0v) is 19.0. The lowest BCUT2D eigenvalue weighted by Gasteiger charge is -2.28. The smallest absolute Gasteiger partial charge is 0.232 e. The van der Waals surface area contributed by atoms with Crippen molar-refractivity contribution in [3.63, 3.8) is 0 Å². The van der Waals surface area contributed by atoms with Gasteiger partial charge in [-0.05, 0) is 31.5 Å². The van der Waals surface area contributed by atoms with Crippen LogP contribution in [0.5, 0.6) is 0 Å². The van der Waals surface area contributed by atoms with Gasteiger partial charge in [0.15, 0.2) is 10.9 Å². The number of aryl methyl sites for hydroxylation is 2. The minimum Gasteiger partial charge on any atom is -0.378 e. The van der Waals surface area contributed by atoms with Gasteiger partial charge in [0.1, 0.15) is 0 Å². The van der Waals surface area contributed by atoms with E-state index in [-0.39, 0.29) is 11.5 Å². The number of carbonyl (C=O) groups is 1. The molecule has 1 aliphatic rings. The van der Waals surface area contributed by atoms with Gasteiger partial charge in [-0.1, -0.05) is 48.2 Å². The Morgan fingerprint density at radius 1 is 1.06 bits per heavy atom. The number of thioether (sulfide) groups is 1. The van der Waals surface area contributed by atoms with E-state index in [9.17, 15) is 4.79 Å². The molecule has 0 unspecified atom stereocenters. The number of Topliss-reactive ketones (excluding diaryl/α,β-unsaturated/α-hetero) is 1. The molecule has 0 atom stereocenters. The number of ether oxygens (including phenoxy) is 1. The summed E-state index contributed by atoms with van der Waals surface area (Å²) in [5.41, 5.74) is 4.78. The van der Waals surface area contributed by atoms with Gasteiger partial charge < -0.3 is 14.6 Å². The second-order valence-corrected chi connectivity index (χ2v) is 8.83. The number of carbonyl (C=O) groups excluding carboxylic acids is 1. The molecule has 1 fully saturated rings. The molecular weight excluding hydrogens is 422 g/mol. The fourth-order valence-corrected chi connectivity index (χ4v) is 5.00. The van der Waals surface area contributed by atoms with Crippen molar-refractivity contribution in [2.45, 2.75) is 19.0 Å². The van der Waals surface area contributed by atoms with Crippen molar-refractivity contribution in [3.05, 3.63) is 65.4 Å². The fourth-order valence-electron chi connectivity index (χ4n) is 4.19. The van der Waals surface area contributed by atoms with Crippen LogP contribution in [0.2, 0.25) is 0 Å². The first kappa shape index (κ1) is 20.8. The number of rotatable bonds is 6. The van der Waals surface area contributed by atoms with E-state index in [0.29, 0.717) is 18.4 Å². The van der Waals surface area contributed by atoms with Gasteiger partial charge >= 0.3 is 0 Å². The summed E-state index contributed by atoms with van der Waals surface area (Å²) in [7, 11) is 0. The molecule has 0 spiro atoms. The number of anilines is 1. The third-order valence-corrected chi connectivity index (χ3v) is 6.70. The number of hydrogen-bond acceptors (Lipinski definition) is 6. The molecule has 0 aliphatic carbocycles. The van der Waals surface area contributed by atoms with Gasteiger partial charge in [0.2, 0.25) is 5.95 Å². The first-order valence-electron chi connectivity index (χ1n) is 10.7. The lowest BCUT2D eigenvalue weighted by Crippen LogP contribution is -2.38. The van der Waals surface area contributed by atoms with Crippen molar-refractivity contribution in [3.8, 4) is 5.69 Å². The minimum absolute atomic E-state index is 0.0807. The molecule has 5 rings (SSSR count). The Hall–Kier alpha value is -3.10. The molecule has 8 heteroatoms. The van der Waals surface area contributed by atoms with Crippen LogP contribution in [0.3, 0.4) is 0 Å². The molecule has 1 aliphatic heterocycles. The van der Waals surface area contributed by atoms with E-state index in [0.717, 1.165) is 52.4 Å². The Morgan fingerprint density at radius 2 is 1.81 bits per heavy atom. The van der Waals surface area contributed by atoms with Crippen molar-refractivity contribution in [1.82, 2.24) is 19.7 Å². The summed E-state index contributed by atoms with van der Waals surface area (Å²) in [5, 5.41) is 10.7. The number of benzene rings is 2. The average molecular weight is 448 g/mol. The summed E-state index contributed by atoms with van der Waals surface area (Å²) in [5.74, 6) is 1.16. The van der Waals surface area contributed by atoms with Crippen molar-refractivity contribution >= 4 is 34.4 Å². The third kappa shape index (κ3) is 3.80. The predicted octanol–water partition coefficient (Wildman–Crippen LogP) is 4.18. The number of aromatic nitrogens is 4. The maximum atomic E-state index is 13.2. The quantitative estimate of drug-likeness (QED) is 0.353. The maximum absolute atomic E-state index is 13.2. The lowest BCUT2D eigenvalue weighted by molar-refractivity contribution is 0.102. The van der Waals surface area contributed by atoms with E-state index in [1.165, 1.54) is 11.8 Å². The van der Waals surface area contributed by atoms with E-state index < -0.39 is 0 Å². The van der Waals surface area contributed by atoms with Gasteiger partial charge in [-0.2, -0.15) is 0 Å². The molecule has 0 saturated carbocycles. The SMILES string of the molecule is Cc1ccccc1-n1c(SCC(=O)c2c(C)[nH]c3ccccc23)nnc1N1CCOCC1. The fraction of sp³-hybridized carbons (Fsp3) is 0.292. The highest BCUT2D eigenvalue weighted by Gasteiger charge is 2.24. The highest BCUT2D eigenvalue weighted by molar-refractivity contribution is 7.99. The Balaban J connectivity index is 1.47. The Morgan fingerprint density at radius 3 is 2.62 bits per heavy atom. The standard InChI is InChI=1S/C24H25N5O2S/c1-16-7-3-6-10-20(16)29-23(28-11-13-31-14-12-28)26-27-24(29)32-15-21(30)22-17(2)25-19-9-5-4-8-18(19)22/h3-10,25H,11-15H2,1-2H3. The number of H-pyrrole nitrogens is 1. The summed E-state index contributed by atoms with van der Waals surface area (Å²) in [6.45, 7) is 6.89. The van der Waals surface area contributed by atoms with E-state index in [1.54, 1.807) is 0 Å². The summed E-state index contributed by atoms with van der Waals surface area (Å²) < 4.78 is 7.58. The molecule has 32 heavy (non-hydrogen) atoms. The summed E-state index contributed by atoms with van der Waals surface area (Å²) in [6.07, 6.45) is 0.